The van der Waals surface area contributed by atoms with Gasteiger partial charge in [-0.05, 0) is 48.7 Å². The normalized spacial score (nSPS) is 15.4. The Labute approximate surface area is 215 Å². The van der Waals surface area contributed by atoms with Gasteiger partial charge < -0.3 is 16.0 Å². The van der Waals surface area contributed by atoms with Crippen LogP contribution in [0.5, 0.6) is 0 Å². The number of carbonyl (C=O) groups is 2. The molecule has 0 aliphatic carbocycles. The first-order valence-corrected chi connectivity index (χ1v) is 12.0. The molecule has 1 aliphatic heterocycles. The van der Waals surface area contributed by atoms with Crippen molar-refractivity contribution in [3.8, 4) is 11.3 Å². The summed E-state index contributed by atoms with van der Waals surface area (Å²) in [6.07, 6.45) is 2.77. The quantitative estimate of drug-likeness (QED) is 0.383. The number of nitrogens with zero attached hydrogens (tertiary/aromatic N) is 4. The van der Waals surface area contributed by atoms with E-state index in [1.54, 1.807) is 35.0 Å². The van der Waals surface area contributed by atoms with Gasteiger partial charge in [0, 0.05) is 46.4 Å². The highest BCUT2D eigenvalue weighted by Crippen LogP contribution is 2.28. The average Bonchev–Trinajstić information content (AvgIpc) is 3.52. The van der Waals surface area contributed by atoms with E-state index in [1.165, 1.54) is 17.0 Å². The van der Waals surface area contributed by atoms with Crippen LogP contribution < -0.4 is 11.1 Å². The van der Waals surface area contributed by atoms with E-state index >= 15 is 4.39 Å². The lowest BCUT2D eigenvalue weighted by Crippen LogP contribution is -2.43. The highest BCUT2D eigenvalue weighted by Gasteiger charge is 2.33. The largest absolute Gasteiger partial charge is 0.368 e. The zero-order chi connectivity index (χ0) is 25.4. The van der Waals surface area contributed by atoms with Crippen molar-refractivity contribution < 1.29 is 14.0 Å². The molecule has 184 valence electrons. The van der Waals surface area contributed by atoms with Gasteiger partial charge in [0.2, 0.25) is 5.91 Å². The van der Waals surface area contributed by atoms with Crippen LogP contribution in [0.3, 0.4) is 0 Å². The number of carbonyl (C=O) groups excluding carboxylic acids is 2. The standard InChI is InChI=1S/C25H21Cl2FN6O2/c26-16-5-3-15(18(27)11-16)13-30-23-12-20(32-22-7-8-31-34(22)23)17-6-4-14(10-19(17)28)25(36)33-9-1-2-21(33)24(29)35/h3-8,10-12,21,30H,1-2,9,13H2,(H2,29,35)/t21-/m0/s1. The number of nitrogens with one attached hydrogen (secondary N) is 1. The smallest absolute Gasteiger partial charge is 0.254 e. The molecule has 3 heterocycles. The van der Waals surface area contributed by atoms with Crippen LogP contribution in [0.2, 0.25) is 10.0 Å². The topological polar surface area (TPSA) is 106 Å². The number of primary amides is 1. The fourth-order valence-corrected chi connectivity index (χ4v) is 4.83. The summed E-state index contributed by atoms with van der Waals surface area (Å²) in [4.78, 5) is 30.5. The summed E-state index contributed by atoms with van der Waals surface area (Å²) < 4.78 is 16.9. The minimum Gasteiger partial charge on any atom is -0.368 e. The molecule has 0 radical (unpaired) electrons. The lowest BCUT2D eigenvalue weighted by Gasteiger charge is -2.22. The number of fused-ring (bicyclic) bond motifs is 1. The van der Waals surface area contributed by atoms with Crippen molar-refractivity contribution in [3.05, 3.63) is 81.7 Å². The van der Waals surface area contributed by atoms with Crippen LogP contribution in [0.15, 0.2) is 54.7 Å². The minimum atomic E-state index is -0.672. The number of anilines is 1. The lowest BCUT2D eigenvalue weighted by atomic mass is 10.1. The zero-order valence-electron chi connectivity index (χ0n) is 18.9. The monoisotopic (exact) mass is 526 g/mol. The molecule has 0 bridgehead atoms. The maximum atomic E-state index is 15.3. The van der Waals surface area contributed by atoms with Crippen LogP contribution in [0.1, 0.15) is 28.8 Å². The molecule has 0 spiro atoms. The number of rotatable bonds is 6. The van der Waals surface area contributed by atoms with Crippen molar-refractivity contribution in [3.63, 3.8) is 0 Å². The average molecular weight is 527 g/mol. The fraction of sp³-hybridized carbons (Fsp3) is 0.200. The number of aromatic nitrogens is 3. The summed E-state index contributed by atoms with van der Waals surface area (Å²) in [7, 11) is 0. The van der Waals surface area contributed by atoms with Crippen molar-refractivity contribution in [2.75, 3.05) is 11.9 Å². The Bertz CT molecular complexity index is 1490. The predicted octanol–water partition coefficient (Wildman–Crippen LogP) is 4.54. The zero-order valence-corrected chi connectivity index (χ0v) is 20.4. The summed E-state index contributed by atoms with van der Waals surface area (Å²) in [5.41, 5.74) is 7.48. The van der Waals surface area contributed by atoms with Gasteiger partial charge in [-0.2, -0.15) is 9.61 Å². The number of likely N-dealkylation sites (tertiary alicyclic amines) is 1. The van der Waals surface area contributed by atoms with Gasteiger partial charge in [-0.3, -0.25) is 9.59 Å². The number of amides is 2. The van der Waals surface area contributed by atoms with Gasteiger partial charge in [0.1, 0.15) is 17.7 Å². The van der Waals surface area contributed by atoms with E-state index < -0.39 is 23.7 Å². The molecule has 0 saturated carbocycles. The molecule has 1 atom stereocenters. The van der Waals surface area contributed by atoms with Gasteiger partial charge >= 0.3 is 0 Å². The fourth-order valence-electron chi connectivity index (χ4n) is 4.35. The van der Waals surface area contributed by atoms with Crippen molar-refractivity contribution in [1.82, 2.24) is 19.5 Å². The van der Waals surface area contributed by atoms with E-state index in [-0.39, 0.29) is 11.1 Å². The maximum Gasteiger partial charge on any atom is 0.254 e. The molecule has 3 N–H and O–H groups in total. The van der Waals surface area contributed by atoms with E-state index in [1.807, 2.05) is 6.07 Å². The Morgan fingerprint density at radius 3 is 2.72 bits per heavy atom. The number of halogens is 3. The maximum absolute atomic E-state index is 15.3. The highest BCUT2D eigenvalue weighted by atomic mass is 35.5. The molecular weight excluding hydrogens is 506 g/mol. The molecule has 1 saturated heterocycles. The van der Waals surface area contributed by atoms with E-state index in [4.69, 9.17) is 28.9 Å². The Morgan fingerprint density at radius 2 is 1.97 bits per heavy atom. The Balaban J connectivity index is 1.44. The third kappa shape index (κ3) is 4.59. The second kappa shape index (κ2) is 9.75. The molecule has 8 nitrogen and oxygen atoms in total. The van der Waals surface area contributed by atoms with Crippen LogP contribution in [0, 0.1) is 5.82 Å². The first-order valence-electron chi connectivity index (χ1n) is 11.2. The number of hydrogen-bond acceptors (Lipinski definition) is 5. The summed E-state index contributed by atoms with van der Waals surface area (Å²) in [6, 6.07) is 12.1. The predicted molar refractivity (Wildman–Crippen MR) is 135 cm³/mol. The number of benzene rings is 2. The molecule has 4 aromatic rings. The molecule has 5 rings (SSSR count). The first-order chi connectivity index (χ1) is 17.3. The summed E-state index contributed by atoms with van der Waals surface area (Å²) >= 11 is 12.3. The minimum absolute atomic E-state index is 0.144. The van der Waals surface area contributed by atoms with E-state index in [2.05, 4.69) is 15.4 Å². The number of hydrogen-bond donors (Lipinski definition) is 2. The van der Waals surface area contributed by atoms with Crippen LogP contribution in [0.4, 0.5) is 10.2 Å². The first kappa shape index (κ1) is 24.0. The third-order valence-electron chi connectivity index (χ3n) is 6.17. The molecule has 1 aliphatic rings. The molecule has 1 fully saturated rings. The molecule has 36 heavy (non-hydrogen) atoms. The summed E-state index contributed by atoms with van der Waals surface area (Å²) in [6.45, 7) is 0.781. The Hall–Kier alpha value is -3.69. The summed E-state index contributed by atoms with van der Waals surface area (Å²) in [5.74, 6) is -1.02. The van der Waals surface area contributed by atoms with Gasteiger partial charge in [0.15, 0.2) is 5.65 Å². The van der Waals surface area contributed by atoms with Crippen LogP contribution in [-0.4, -0.2) is 43.9 Å². The Morgan fingerprint density at radius 1 is 1.14 bits per heavy atom. The second-order valence-electron chi connectivity index (χ2n) is 8.47. The SMILES string of the molecule is NC(=O)[C@@H]1CCCN1C(=O)c1ccc(-c2cc(NCc3ccc(Cl)cc3Cl)n3nccc3n2)c(F)c1. The van der Waals surface area contributed by atoms with Crippen molar-refractivity contribution in [2.45, 2.75) is 25.4 Å². The number of nitrogens with two attached hydrogens (primary N) is 1. The highest BCUT2D eigenvalue weighted by molar-refractivity contribution is 6.35. The van der Waals surface area contributed by atoms with Gasteiger partial charge in [0.25, 0.3) is 5.91 Å². The second-order valence-corrected chi connectivity index (χ2v) is 9.31. The summed E-state index contributed by atoms with van der Waals surface area (Å²) in [5, 5.41) is 8.61. The van der Waals surface area contributed by atoms with Crippen LogP contribution in [-0.2, 0) is 11.3 Å². The lowest BCUT2D eigenvalue weighted by molar-refractivity contribution is -0.121. The molecule has 2 aromatic heterocycles. The van der Waals surface area contributed by atoms with Gasteiger partial charge in [-0.1, -0.05) is 29.3 Å². The van der Waals surface area contributed by atoms with Gasteiger partial charge in [0.05, 0.1) is 11.9 Å². The van der Waals surface area contributed by atoms with Crippen LogP contribution >= 0.6 is 23.2 Å². The third-order valence-corrected chi connectivity index (χ3v) is 6.76. The van der Waals surface area contributed by atoms with E-state index in [0.717, 1.165) is 11.6 Å². The molecule has 2 aromatic carbocycles. The van der Waals surface area contributed by atoms with E-state index in [0.29, 0.717) is 53.1 Å². The van der Waals surface area contributed by atoms with Gasteiger partial charge in [-0.15, -0.1) is 0 Å². The molecule has 0 unspecified atom stereocenters. The Kier molecular flexibility index (Phi) is 6.51. The molecule has 2 amide bonds. The van der Waals surface area contributed by atoms with Crippen molar-refractivity contribution >= 4 is 46.5 Å². The van der Waals surface area contributed by atoms with Crippen molar-refractivity contribution in [2.24, 2.45) is 5.73 Å². The molecule has 11 heteroatoms. The molecular formula is C25H21Cl2FN6O2. The van der Waals surface area contributed by atoms with Crippen LogP contribution in [0.25, 0.3) is 16.9 Å². The van der Waals surface area contributed by atoms with Gasteiger partial charge in [-0.25, -0.2) is 9.37 Å². The van der Waals surface area contributed by atoms with E-state index in [9.17, 15) is 9.59 Å². The van der Waals surface area contributed by atoms with Crippen molar-refractivity contribution in [1.29, 1.82) is 0 Å².